The van der Waals surface area contributed by atoms with E-state index in [1.807, 2.05) is 0 Å². The Kier molecular flexibility index (Phi) is 4.11. The van der Waals surface area contributed by atoms with Gasteiger partial charge in [0.15, 0.2) is 5.92 Å². The minimum atomic E-state index is -1.73. The lowest BCUT2D eigenvalue weighted by atomic mass is 9.97. The van der Waals surface area contributed by atoms with Gasteiger partial charge in [0.2, 0.25) is 0 Å². The lowest BCUT2D eigenvalue weighted by molar-refractivity contribution is -0.150. The van der Waals surface area contributed by atoms with Crippen LogP contribution < -0.4 is 0 Å². The summed E-state index contributed by atoms with van der Waals surface area (Å²) >= 11 is 0. The zero-order valence-corrected chi connectivity index (χ0v) is 9.02. The number of phenolic OH excluding ortho intramolecular Hbond substituents is 1. The van der Waals surface area contributed by atoms with Gasteiger partial charge in [0.1, 0.15) is 5.75 Å². The quantitative estimate of drug-likeness (QED) is 0.314. The van der Waals surface area contributed by atoms with Crippen molar-refractivity contribution in [1.29, 1.82) is 0 Å². The molecule has 0 saturated heterocycles. The number of carboxylic acid groups (broad SMARTS) is 2. The van der Waals surface area contributed by atoms with Crippen LogP contribution in [0.2, 0.25) is 0 Å². The van der Waals surface area contributed by atoms with E-state index in [1.54, 1.807) is 0 Å². The number of hydrogen-bond acceptors (Lipinski definition) is 4. The molecule has 1 aromatic rings. The Morgan fingerprint density at radius 2 is 1.94 bits per heavy atom. The molecule has 3 N–H and O–H groups in total. The van der Waals surface area contributed by atoms with Crippen molar-refractivity contribution in [1.82, 2.24) is 0 Å². The van der Waals surface area contributed by atoms with Gasteiger partial charge in [0.25, 0.3) is 0 Å². The van der Waals surface area contributed by atoms with Gasteiger partial charge in [-0.05, 0) is 22.7 Å². The maximum Gasteiger partial charge on any atom is 0.322 e. The van der Waals surface area contributed by atoms with Crippen LogP contribution in [-0.4, -0.2) is 27.3 Å². The second kappa shape index (κ2) is 5.55. The van der Waals surface area contributed by atoms with Gasteiger partial charge in [-0.1, -0.05) is 17.2 Å². The first kappa shape index (κ1) is 13.3. The standard InChI is InChI=1S/C10H9N3O5/c11-13-12-4-6-3-5(1-2-7(6)14)8(9(15)16)10(17)18/h1-3,8,14H,4H2,(H,15,16)(H,17,18). The molecule has 0 radical (unpaired) electrons. The van der Waals surface area contributed by atoms with Crippen molar-refractivity contribution in [2.75, 3.05) is 0 Å². The second-order valence-corrected chi connectivity index (χ2v) is 3.39. The molecule has 0 aliphatic carbocycles. The van der Waals surface area contributed by atoms with E-state index in [1.165, 1.54) is 12.1 Å². The molecule has 0 heterocycles. The van der Waals surface area contributed by atoms with E-state index in [4.69, 9.17) is 15.7 Å². The molecule has 0 amide bonds. The highest BCUT2D eigenvalue weighted by molar-refractivity contribution is 5.99. The number of nitrogens with zero attached hydrogens (tertiary/aromatic N) is 3. The van der Waals surface area contributed by atoms with Crippen LogP contribution in [0.25, 0.3) is 10.4 Å². The smallest absolute Gasteiger partial charge is 0.322 e. The molecule has 0 spiro atoms. The van der Waals surface area contributed by atoms with Crippen molar-refractivity contribution in [3.05, 3.63) is 39.8 Å². The lowest BCUT2D eigenvalue weighted by Crippen LogP contribution is -2.21. The Morgan fingerprint density at radius 3 is 2.44 bits per heavy atom. The summed E-state index contributed by atoms with van der Waals surface area (Å²) in [6.07, 6.45) is 0. The van der Waals surface area contributed by atoms with Gasteiger partial charge in [-0.2, -0.15) is 0 Å². The molecule has 0 unspecified atom stereocenters. The maximum absolute atomic E-state index is 10.8. The van der Waals surface area contributed by atoms with Crippen molar-refractivity contribution >= 4 is 11.9 Å². The molecular formula is C10H9N3O5. The number of azide groups is 1. The zero-order valence-electron chi connectivity index (χ0n) is 9.02. The average molecular weight is 251 g/mol. The summed E-state index contributed by atoms with van der Waals surface area (Å²) in [5.41, 5.74) is 8.32. The summed E-state index contributed by atoms with van der Waals surface area (Å²) in [4.78, 5) is 24.2. The second-order valence-electron chi connectivity index (χ2n) is 3.39. The van der Waals surface area contributed by atoms with Gasteiger partial charge >= 0.3 is 11.9 Å². The predicted octanol–water partition coefficient (Wildman–Crippen LogP) is 1.46. The summed E-state index contributed by atoms with van der Waals surface area (Å²) in [5.74, 6) is -4.94. The number of carbonyl (C=O) groups is 2. The molecule has 94 valence electrons. The predicted molar refractivity (Wildman–Crippen MR) is 59.0 cm³/mol. The van der Waals surface area contributed by atoms with Crippen LogP contribution in [0, 0.1) is 0 Å². The minimum absolute atomic E-state index is 0.00376. The van der Waals surface area contributed by atoms with Gasteiger partial charge in [-0.3, -0.25) is 9.59 Å². The minimum Gasteiger partial charge on any atom is -0.508 e. The van der Waals surface area contributed by atoms with Crippen LogP contribution >= 0.6 is 0 Å². The first-order valence-electron chi connectivity index (χ1n) is 4.75. The molecule has 0 saturated carbocycles. The summed E-state index contributed by atoms with van der Waals surface area (Å²) < 4.78 is 0. The third-order valence-corrected chi connectivity index (χ3v) is 2.24. The van der Waals surface area contributed by atoms with Crippen molar-refractivity contribution in [3.63, 3.8) is 0 Å². The summed E-state index contributed by atoms with van der Waals surface area (Å²) in [6, 6.07) is 3.55. The number of aliphatic carboxylic acids is 2. The highest BCUT2D eigenvalue weighted by Gasteiger charge is 2.28. The molecule has 0 fully saturated rings. The van der Waals surface area contributed by atoms with E-state index in [0.717, 1.165) is 6.07 Å². The number of aromatic hydroxyl groups is 1. The van der Waals surface area contributed by atoms with Crippen LogP contribution in [0.5, 0.6) is 5.75 Å². The highest BCUT2D eigenvalue weighted by atomic mass is 16.4. The van der Waals surface area contributed by atoms with Gasteiger partial charge in [0, 0.05) is 4.91 Å². The third kappa shape index (κ3) is 2.89. The molecule has 8 heteroatoms. The molecule has 8 nitrogen and oxygen atoms in total. The largest absolute Gasteiger partial charge is 0.508 e. The van der Waals surface area contributed by atoms with Gasteiger partial charge in [-0.25, -0.2) is 0 Å². The van der Waals surface area contributed by atoms with E-state index in [0.29, 0.717) is 0 Å². The Bertz CT molecular complexity index is 522. The lowest BCUT2D eigenvalue weighted by Gasteiger charge is -2.10. The van der Waals surface area contributed by atoms with E-state index in [-0.39, 0.29) is 23.4 Å². The molecule has 0 aliphatic heterocycles. The Morgan fingerprint density at radius 1 is 1.33 bits per heavy atom. The Hall–Kier alpha value is -2.73. The van der Waals surface area contributed by atoms with Crippen molar-refractivity contribution in [3.8, 4) is 5.75 Å². The summed E-state index contributed by atoms with van der Waals surface area (Å²) in [5, 5.41) is 30.3. The molecule has 0 aromatic heterocycles. The van der Waals surface area contributed by atoms with Gasteiger partial charge < -0.3 is 15.3 Å². The zero-order chi connectivity index (χ0) is 13.7. The van der Waals surface area contributed by atoms with Crippen LogP contribution in [0.4, 0.5) is 0 Å². The summed E-state index contributed by atoms with van der Waals surface area (Å²) in [7, 11) is 0. The SMILES string of the molecule is [N-]=[N+]=NCc1cc(C(C(=O)O)C(=O)O)ccc1O. The van der Waals surface area contributed by atoms with Crippen LogP contribution in [0.3, 0.4) is 0 Å². The van der Waals surface area contributed by atoms with E-state index in [9.17, 15) is 14.7 Å². The third-order valence-electron chi connectivity index (χ3n) is 2.24. The molecule has 1 rings (SSSR count). The number of rotatable bonds is 5. The number of hydrogen-bond donors (Lipinski definition) is 3. The number of benzene rings is 1. The van der Waals surface area contributed by atoms with Crippen LogP contribution in [0.1, 0.15) is 17.0 Å². The Labute approximate surface area is 101 Å². The average Bonchev–Trinajstić information content (AvgIpc) is 2.28. The topological polar surface area (TPSA) is 144 Å². The fraction of sp³-hybridized carbons (Fsp3) is 0.200. The van der Waals surface area contributed by atoms with E-state index < -0.39 is 17.9 Å². The van der Waals surface area contributed by atoms with E-state index in [2.05, 4.69) is 10.0 Å². The molecule has 18 heavy (non-hydrogen) atoms. The van der Waals surface area contributed by atoms with Crippen molar-refractivity contribution in [2.24, 2.45) is 5.11 Å². The van der Waals surface area contributed by atoms with Crippen molar-refractivity contribution < 1.29 is 24.9 Å². The van der Waals surface area contributed by atoms with E-state index >= 15 is 0 Å². The molecule has 0 aliphatic rings. The summed E-state index contributed by atoms with van der Waals surface area (Å²) in [6.45, 7) is -0.192. The first-order chi connectivity index (χ1) is 8.47. The van der Waals surface area contributed by atoms with Gasteiger partial charge in [0.05, 0.1) is 6.54 Å². The fourth-order valence-corrected chi connectivity index (χ4v) is 1.41. The van der Waals surface area contributed by atoms with Gasteiger partial charge in [-0.15, -0.1) is 0 Å². The Balaban J connectivity index is 3.21. The monoisotopic (exact) mass is 251 g/mol. The molecule has 1 aromatic carbocycles. The van der Waals surface area contributed by atoms with Crippen LogP contribution in [0.15, 0.2) is 23.3 Å². The molecular weight excluding hydrogens is 242 g/mol. The number of carboxylic acids is 2. The maximum atomic E-state index is 10.8. The van der Waals surface area contributed by atoms with Crippen molar-refractivity contribution in [2.45, 2.75) is 12.5 Å². The molecule has 0 bridgehead atoms. The molecule has 0 atom stereocenters. The highest BCUT2D eigenvalue weighted by Crippen LogP contribution is 2.25. The fourth-order valence-electron chi connectivity index (χ4n) is 1.41. The first-order valence-corrected chi connectivity index (χ1v) is 4.75. The number of phenols is 1. The van der Waals surface area contributed by atoms with Crippen LogP contribution in [-0.2, 0) is 16.1 Å². The normalized spacial score (nSPS) is 9.83.